The molecule has 1 aromatic heterocycles. The first kappa shape index (κ1) is 15.1. The number of halogens is 1. The molecule has 0 spiro atoms. The van der Waals surface area contributed by atoms with Crippen LogP contribution in [0.1, 0.15) is 11.3 Å². The van der Waals surface area contributed by atoms with Gasteiger partial charge in [0.05, 0.1) is 25.8 Å². The monoisotopic (exact) mass is 306 g/mol. The zero-order chi connectivity index (χ0) is 15.1. The van der Waals surface area contributed by atoms with Crippen molar-refractivity contribution in [1.82, 2.24) is 10.6 Å². The molecule has 0 aliphatic heterocycles. The SMILES string of the molecule is O=C(CNC(=O)Cc1ccccc1Cl)NCc1ccco1. The van der Waals surface area contributed by atoms with Crippen LogP contribution in [-0.2, 0) is 22.6 Å². The lowest BCUT2D eigenvalue weighted by Gasteiger charge is -2.07. The van der Waals surface area contributed by atoms with Crippen molar-refractivity contribution in [2.24, 2.45) is 0 Å². The van der Waals surface area contributed by atoms with E-state index in [1.807, 2.05) is 6.07 Å². The van der Waals surface area contributed by atoms with E-state index in [1.165, 1.54) is 6.26 Å². The maximum absolute atomic E-state index is 11.7. The van der Waals surface area contributed by atoms with Crippen molar-refractivity contribution in [3.8, 4) is 0 Å². The largest absolute Gasteiger partial charge is 0.467 e. The van der Waals surface area contributed by atoms with Crippen LogP contribution >= 0.6 is 11.6 Å². The van der Waals surface area contributed by atoms with Gasteiger partial charge in [-0.3, -0.25) is 9.59 Å². The number of amides is 2. The van der Waals surface area contributed by atoms with Crippen LogP contribution in [0.4, 0.5) is 0 Å². The molecule has 0 aliphatic rings. The highest BCUT2D eigenvalue weighted by molar-refractivity contribution is 6.31. The van der Waals surface area contributed by atoms with E-state index >= 15 is 0 Å². The van der Waals surface area contributed by atoms with Gasteiger partial charge in [0, 0.05) is 5.02 Å². The predicted octanol–water partition coefficient (Wildman–Crippen LogP) is 1.91. The van der Waals surface area contributed by atoms with Gasteiger partial charge in [0.15, 0.2) is 0 Å². The first-order valence-electron chi connectivity index (χ1n) is 6.44. The standard InChI is InChI=1S/C15H15ClN2O3/c16-13-6-2-1-4-11(13)8-14(19)18-10-15(20)17-9-12-5-3-7-21-12/h1-7H,8-10H2,(H,17,20)(H,18,19). The second kappa shape index (κ2) is 7.50. The van der Waals surface area contributed by atoms with Gasteiger partial charge in [-0.05, 0) is 23.8 Å². The predicted molar refractivity (Wildman–Crippen MR) is 78.7 cm³/mol. The van der Waals surface area contributed by atoms with Gasteiger partial charge in [0.25, 0.3) is 0 Å². The molecule has 0 atom stereocenters. The highest BCUT2D eigenvalue weighted by Gasteiger charge is 2.08. The van der Waals surface area contributed by atoms with Crippen molar-refractivity contribution in [2.75, 3.05) is 6.54 Å². The first-order valence-corrected chi connectivity index (χ1v) is 6.82. The topological polar surface area (TPSA) is 71.3 Å². The van der Waals surface area contributed by atoms with Gasteiger partial charge in [-0.2, -0.15) is 0 Å². The van der Waals surface area contributed by atoms with E-state index < -0.39 is 0 Å². The zero-order valence-corrected chi connectivity index (χ0v) is 12.0. The maximum Gasteiger partial charge on any atom is 0.239 e. The van der Waals surface area contributed by atoms with Crippen LogP contribution in [0.2, 0.25) is 5.02 Å². The zero-order valence-electron chi connectivity index (χ0n) is 11.3. The van der Waals surface area contributed by atoms with Gasteiger partial charge in [0.1, 0.15) is 5.76 Å². The minimum atomic E-state index is -0.279. The lowest BCUT2D eigenvalue weighted by atomic mass is 10.1. The van der Waals surface area contributed by atoms with E-state index in [0.717, 1.165) is 5.56 Å². The van der Waals surface area contributed by atoms with Gasteiger partial charge in [-0.25, -0.2) is 0 Å². The van der Waals surface area contributed by atoms with E-state index in [4.69, 9.17) is 16.0 Å². The molecule has 2 rings (SSSR count). The maximum atomic E-state index is 11.7. The Bertz CT molecular complexity index is 611. The summed E-state index contributed by atoms with van der Waals surface area (Å²) in [6, 6.07) is 10.6. The second-order valence-electron chi connectivity index (χ2n) is 4.40. The summed E-state index contributed by atoms with van der Waals surface area (Å²) < 4.78 is 5.08. The minimum Gasteiger partial charge on any atom is -0.467 e. The number of carbonyl (C=O) groups is 2. The van der Waals surface area contributed by atoms with Gasteiger partial charge in [-0.1, -0.05) is 29.8 Å². The molecule has 0 saturated heterocycles. The molecular formula is C15H15ClN2O3. The quantitative estimate of drug-likeness (QED) is 0.856. The van der Waals surface area contributed by atoms with Gasteiger partial charge < -0.3 is 15.1 Å². The molecule has 2 amide bonds. The molecule has 6 heteroatoms. The molecule has 0 bridgehead atoms. The van der Waals surface area contributed by atoms with Crippen molar-refractivity contribution in [2.45, 2.75) is 13.0 Å². The Kier molecular flexibility index (Phi) is 5.40. The van der Waals surface area contributed by atoms with Crippen molar-refractivity contribution < 1.29 is 14.0 Å². The molecule has 2 N–H and O–H groups in total. The summed E-state index contributed by atoms with van der Waals surface area (Å²) in [6.45, 7) is 0.218. The summed E-state index contributed by atoms with van der Waals surface area (Å²) in [5, 5.41) is 5.73. The molecule has 1 heterocycles. The smallest absolute Gasteiger partial charge is 0.239 e. The second-order valence-corrected chi connectivity index (χ2v) is 4.81. The van der Waals surface area contributed by atoms with Crippen LogP contribution in [0.5, 0.6) is 0 Å². The average Bonchev–Trinajstić information content (AvgIpc) is 2.99. The van der Waals surface area contributed by atoms with Crippen LogP contribution < -0.4 is 10.6 Å². The third-order valence-electron chi connectivity index (χ3n) is 2.79. The highest BCUT2D eigenvalue weighted by atomic mass is 35.5. The Balaban J connectivity index is 1.71. The third-order valence-corrected chi connectivity index (χ3v) is 3.16. The van der Waals surface area contributed by atoms with E-state index in [-0.39, 0.29) is 24.8 Å². The number of nitrogens with one attached hydrogen (secondary N) is 2. The van der Waals surface area contributed by atoms with E-state index in [9.17, 15) is 9.59 Å². The molecule has 21 heavy (non-hydrogen) atoms. The van der Waals surface area contributed by atoms with Crippen molar-refractivity contribution >= 4 is 23.4 Å². The van der Waals surface area contributed by atoms with Crippen LogP contribution in [0, 0.1) is 0 Å². The molecule has 2 aromatic rings. The fraction of sp³-hybridized carbons (Fsp3) is 0.200. The molecular weight excluding hydrogens is 292 g/mol. The van der Waals surface area contributed by atoms with Crippen LogP contribution in [0.3, 0.4) is 0 Å². The van der Waals surface area contributed by atoms with E-state index in [0.29, 0.717) is 17.3 Å². The number of hydrogen-bond donors (Lipinski definition) is 2. The lowest BCUT2D eigenvalue weighted by molar-refractivity contribution is -0.125. The van der Waals surface area contributed by atoms with Gasteiger partial charge in [-0.15, -0.1) is 0 Å². The molecule has 0 unspecified atom stereocenters. The molecule has 0 radical (unpaired) electrons. The average molecular weight is 307 g/mol. The first-order chi connectivity index (χ1) is 10.1. The summed E-state index contributed by atoms with van der Waals surface area (Å²) in [6.07, 6.45) is 1.68. The summed E-state index contributed by atoms with van der Waals surface area (Å²) in [4.78, 5) is 23.3. The number of benzene rings is 1. The molecule has 110 valence electrons. The number of hydrogen-bond acceptors (Lipinski definition) is 3. The Hall–Kier alpha value is -2.27. The highest BCUT2D eigenvalue weighted by Crippen LogP contribution is 2.15. The van der Waals surface area contributed by atoms with Gasteiger partial charge in [0.2, 0.25) is 11.8 Å². The molecule has 0 fully saturated rings. The van der Waals surface area contributed by atoms with Crippen LogP contribution in [0.15, 0.2) is 47.1 Å². The Morgan fingerprint density at radius 1 is 1.05 bits per heavy atom. The fourth-order valence-electron chi connectivity index (χ4n) is 1.72. The lowest BCUT2D eigenvalue weighted by Crippen LogP contribution is -2.37. The summed E-state index contributed by atoms with van der Waals surface area (Å²) in [7, 11) is 0. The van der Waals surface area contributed by atoms with Crippen molar-refractivity contribution in [3.05, 3.63) is 59.0 Å². The summed E-state index contributed by atoms with van der Waals surface area (Å²) in [5.74, 6) is 0.126. The summed E-state index contributed by atoms with van der Waals surface area (Å²) in [5.41, 5.74) is 0.729. The van der Waals surface area contributed by atoms with E-state index in [1.54, 1.807) is 30.3 Å². The van der Waals surface area contributed by atoms with Crippen LogP contribution in [-0.4, -0.2) is 18.4 Å². The number of carbonyl (C=O) groups excluding carboxylic acids is 2. The normalized spacial score (nSPS) is 10.1. The van der Waals surface area contributed by atoms with Crippen molar-refractivity contribution in [1.29, 1.82) is 0 Å². The Labute approximate surface area is 127 Å². The third kappa shape index (κ3) is 4.96. The Morgan fingerprint density at radius 2 is 1.86 bits per heavy atom. The molecule has 1 aromatic carbocycles. The van der Waals surface area contributed by atoms with Gasteiger partial charge >= 0.3 is 0 Å². The fourth-order valence-corrected chi connectivity index (χ4v) is 1.92. The minimum absolute atomic E-state index is 0.0794. The van der Waals surface area contributed by atoms with Crippen LogP contribution in [0.25, 0.3) is 0 Å². The molecule has 5 nitrogen and oxygen atoms in total. The molecule has 0 saturated carbocycles. The Morgan fingerprint density at radius 3 is 2.57 bits per heavy atom. The number of furan rings is 1. The number of rotatable bonds is 6. The van der Waals surface area contributed by atoms with E-state index in [2.05, 4.69) is 10.6 Å². The summed E-state index contributed by atoms with van der Waals surface area (Å²) >= 11 is 5.97. The van der Waals surface area contributed by atoms with Crippen molar-refractivity contribution in [3.63, 3.8) is 0 Å². The molecule has 0 aliphatic carbocycles.